The Morgan fingerprint density at radius 2 is 1.89 bits per heavy atom. The predicted octanol–water partition coefficient (Wildman–Crippen LogP) is 1.56. The summed E-state index contributed by atoms with van der Waals surface area (Å²) >= 11 is 0. The topological polar surface area (TPSA) is 58.4 Å². The van der Waals surface area contributed by atoms with Crippen molar-refractivity contribution in [3.05, 3.63) is 0 Å². The Morgan fingerprint density at radius 1 is 1.21 bits per heavy atom. The van der Waals surface area contributed by atoms with E-state index in [1.807, 2.05) is 0 Å². The van der Waals surface area contributed by atoms with Crippen molar-refractivity contribution in [2.75, 3.05) is 26.2 Å². The van der Waals surface area contributed by atoms with Gasteiger partial charge in [0, 0.05) is 18.5 Å². The lowest BCUT2D eigenvalue weighted by atomic mass is 10.1. The largest absolute Gasteiger partial charge is 0.356 e. The van der Waals surface area contributed by atoms with Crippen LogP contribution < -0.4 is 11.1 Å². The molecule has 1 saturated heterocycles. The minimum atomic E-state index is 0. The first-order valence-electron chi connectivity index (χ1n) is 7.01. The van der Waals surface area contributed by atoms with Gasteiger partial charge in [0.05, 0.1) is 0 Å². The van der Waals surface area contributed by atoms with Crippen LogP contribution in [0.1, 0.15) is 38.5 Å². The lowest BCUT2D eigenvalue weighted by Crippen LogP contribution is -2.33. The van der Waals surface area contributed by atoms with E-state index in [2.05, 4.69) is 10.2 Å². The highest BCUT2D eigenvalue weighted by molar-refractivity contribution is 5.85. The van der Waals surface area contributed by atoms with Crippen LogP contribution in [0.3, 0.4) is 0 Å². The molecule has 0 aromatic carbocycles. The summed E-state index contributed by atoms with van der Waals surface area (Å²) in [6, 6.07) is 0.246. The van der Waals surface area contributed by atoms with Gasteiger partial charge in [0.1, 0.15) is 0 Å². The van der Waals surface area contributed by atoms with E-state index < -0.39 is 0 Å². The van der Waals surface area contributed by atoms with Gasteiger partial charge in [-0.1, -0.05) is 0 Å². The molecule has 19 heavy (non-hydrogen) atoms. The molecule has 1 aliphatic heterocycles. The maximum absolute atomic E-state index is 11.8. The van der Waals surface area contributed by atoms with Crippen LogP contribution in [-0.2, 0) is 4.79 Å². The number of hydrogen-bond acceptors (Lipinski definition) is 3. The number of carbonyl (C=O) groups is 1. The molecular formula is C13H27Cl2N3O. The van der Waals surface area contributed by atoms with Crippen LogP contribution in [0.5, 0.6) is 0 Å². The van der Waals surface area contributed by atoms with Gasteiger partial charge in [0.15, 0.2) is 0 Å². The van der Waals surface area contributed by atoms with Gasteiger partial charge >= 0.3 is 0 Å². The van der Waals surface area contributed by atoms with E-state index in [4.69, 9.17) is 5.73 Å². The normalized spacial score (nSPS) is 26.6. The van der Waals surface area contributed by atoms with Crippen LogP contribution in [0.2, 0.25) is 0 Å². The minimum Gasteiger partial charge on any atom is -0.356 e. The fourth-order valence-corrected chi connectivity index (χ4v) is 2.92. The van der Waals surface area contributed by atoms with Crippen molar-refractivity contribution in [2.45, 2.75) is 44.6 Å². The van der Waals surface area contributed by atoms with E-state index in [0.29, 0.717) is 0 Å². The van der Waals surface area contributed by atoms with E-state index in [0.717, 1.165) is 38.8 Å². The molecule has 1 aliphatic carbocycles. The highest BCUT2D eigenvalue weighted by atomic mass is 35.5. The fourth-order valence-electron chi connectivity index (χ4n) is 2.92. The second-order valence-electron chi connectivity index (χ2n) is 5.46. The number of nitrogens with zero attached hydrogens (tertiary/aromatic N) is 1. The van der Waals surface area contributed by atoms with E-state index in [1.54, 1.807) is 0 Å². The summed E-state index contributed by atoms with van der Waals surface area (Å²) in [4.78, 5) is 14.3. The van der Waals surface area contributed by atoms with Crippen molar-refractivity contribution in [2.24, 2.45) is 11.7 Å². The summed E-state index contributed by atoms with van der Waals surface area (Å²) in [5.74, 6) is 0.399. The van der Waals surface area contributed by atoms with Crippen LogP contribution in [-0.4, -0.2) is 43.0 Å². The zero-order chi connectivity index (χ0) is 12.1. The Bertz CT molecular complexity index is 260. The number of hydrogen-bond donors (Lipinski definition) is 2. The lowest BCUT2D eigenvalue weighted by molar-refractivity contribution is -0.124. The van der Waals surface area contributed by atoms with Gasteiger partial charge in [0.2, 0.25) is 5.91 Å². The summed E-state index contributed by atoms with van der Waals surface area (Å²) < 4.78 is 0. The molecule has 3 N–H and O–H groups in total. The van der Waals surface area contributed by atoms with Crippen molar-refractivity contribution < 1.29 is 4.79 Å². The summed E-state index contributed by atoms with van der Waals surface area (Å²) in [5.41, 5.74) is 5.81. The molecule has 0 radical (unpaired) electrons. The monoisotopic (exact) mass is 311 g/mol. The quantitative estimate of drug-likeness (QED) is 0.758. The van der Waals surface area contributed by atoms with Crippen LogP contribution in [0.15, 0.2) is 0 Å². The number of amides is 1. The molecule has 0 aromatic heterocycles. The summed E-state index contributed by atoms with van der Waals surface area (Å²) in [7, 11) is 0. The van der Waals surface area contributed by atoms with Crippen LogP contribution in [0.4, 0.5) is 0 Å². The Hall–Kier alpha value is -0.0300. The van der Waals surface area contributed by atoms with Gasteiger partial charge in [-0.25, -0.2) is 0 Å². The first-order valence-corrected chi connectivity index (χ1v) is 7.01. The van der Waals surface area contributed by atoms with Crippen molar-refractivity contribution in [1.82, 2.24) is 10.2 Å². The molecule has 2 atom stereocenters. The fraction of sp³-hybridized carbons (Fsp3) is 0.923. The van der Waals surface area contributed by atoms with Crippen LogP contribution in [0.25, 0.3) is 0 Å². The second kappa shape index (κ2) is 9.81. The Kier molecular flexibility index (Phi) is 9.79. The van der Waals surface area contributed by atoms with Gasteiger partial charge in [-0.2, -0.15) is 0 Å². The van der Waals surface area contributed by atoms with E-state index in [-0.39, 0.29) is 42.7 Å². The zero-order valence-corrected chi connectivity index (χ0v) is 13.1. The van der Waals surface area contributed by atoms with Gasteiger partial charge in [-0.3, -0.25) is 4.79 Å². The minimum absolute atomic E-state index is 0. The average molecular weight is 312 g/mol. The van der Waals surface area contributed by atoms with E-state index in [9.17, 15) is 4.79 Å². The number of carbonyl (C=O) groups excluding carboxylic acids is 1. The summed E-state index contributed by atoms with van der Waals surface area (Å²) in [6.07, 6.45) is 6.60. The SMILES string of the molecule is Cl.Cl.NC1CCC(C(=O)NCCCN2CCCC2)C1. The van der Waals surface area contributed by atoms with Crippen molar-refractivity contribution >= 4 is 30.7 Å². The van der Waals surface area contributed by atoms with Gasteiger partial charge in [-0.15, -0.1) is 24.8 Å². The average Bonchev–Trinajstić information content (AvgIpc) is 2.95. The van der Waals surface area contributed by atoms with Gasteiger partial charge in [0.25, 0.3) is 0 Å². The number of halogens is 2. The molecule has 4 nitrogen and oxygen atoms in total. The molecule has 2 rings (SSSR count). The van der Waals surface area contributed by atoms with Crippen LogP contribution in [0, 0.1) is 5.92 Å². The highest BCUT2D eigenvalue weighted by Crippen LogP contribution is 2.23. The van der Waals surface area contributed by atoms with Gasteiger partial charge < -0.3 is 16.0 Å². The highest BCUT2D eigenvalue weighted by Gasteiger charge is 2.27. The number of rotatable bonds is 5. The Morgan fingerprint density at radius 3 is 2.47 bits per heavy atom. The van der Waals surface area contributed by atoms with E-state index in [1.165, 1.54) is 25.9 Å². The Labute approximate surface area is 128 Å². The third-order valence-corrected chi connectivity index (χ3v) is 3.99. The molecule has 2 unspecified atom stereocenters. The molecule has 2 aliphatic rings. The second-order valence-corrected chi connectivity index (χ2v) is 5.46. The first-order chi connectivity index (χ1) is 8.25. The summed E-state index contributed by atoms with van der Waals surface area (Å²) in [6.45, 7) is 4.43. The molecule has 1 saturated carbocycles. The molecular weight excluding hydrogens is 285 g/mol. The maximum atomic E-state index is 11.8. The van der Waals surface area contributed by atoms with E-state index >= 15 is 0 Å². The molecule has 0 aromatic rings. The number of nitrogens with two attached hydrogens (primary N) is 1. The number of nitrogens with one attached hydrogen (secondary N) is 1. The first kappa shape index (κ1) is 19.0. The third kappa shape index (κ3) is 6.30. The Balaban J connectivity index is 0.00000162. The third-order valence-electron chi connectivity index (χ3n) is 3.99. The van der Waals surface area contributed by atoms with Crippen molar-refractivity contribution in [1.29, 1.82) is 0 Å². The molecule has 2 fully saturated rings. The smallest absolute Gasteiger partial charge is 0.223 e. The molecule has 114 valence electrons. The lowest BCUT2D eigenvalue weighted by Gasteiger charge is -2.15. The standard InChI is InChI=1S/C13H25N3O.2ClH/c14-12-5-4-11(10-12)13(17)15-6-3-9-16-7-1-2-8-16;;/h11-12H,1-10,14H2,(H,15,17);2*1H. The molecule has 0 spiro atoms. The van der Waals surface area contributed by atoms with Crippen molar-refractivity contribution in [3.8, 4) is 0 Å². The zero-order valence-electron chi connectivity index (χ0n) is 11.5. The van der Waals surface area contributed by atoms with Crippen LogP contribution >= 0.6 is 24.8 Å². The number of likely N-dealkylation sites (tertiary alicyclic amines) is 1. The summed E-state index contributed by atoms with van der Waals surface area (Å²) in [5, 5.41) is 3.05. The molecule has 0 bridgehead atoms. The maximum Gasteiger partial charge on any atom is 0.223 e. The molecule has 6 heteroatoms. The predicted molar refractivity (Wildman–Crippen MR) is 83.1 cm³/mol. The molecule has 1 amide bonds. The van der Waals surface area contributed by atoms with Gasteiger partial charge in [-0.05, 0) is 58.2 Å². The molecule has 1 heterocycles. The van der Waals surface area contributed by atoms with Crippen molar-refractivity contribution in [3.63, 3.8) is 0 Å².